The maximum Gasteiger partial charge on any atom is 0.0235 e. The number of fused-ring (bicyclic) bond motifs is 8. The van der Waals surface area contributed by atoms with Gasteiger partial charge in [0.25, 0.3) is 0 Å². The fourth-order valence-corrected chi connectivity index (χ4v) is 9.54. The van der Waals surface area contributed by atoms with Gasteiger partial charge in [0.2, 0.25) is 0 Å². The van der Waals surface area contributed by atoms with Crippen LogP contribution in [0.3, 0.4) is 0 Å². The Bertz CT molecular complexity index is 1810. The van der Waals surface area contributed by atoms with E-state index in [0.29, 0.717) is 11.8 Å². The Morgan fingerprint density at radius 2 is 1.36 bits per heavy atom. The normalized spacial score (nSPS) is 18.3. The third kappa shape index (κ3) is 5.01. The molecule has 0 nitrogen and oxygen atoms in total. The predicted octanol–water partition coefficient (Wildman–Crippen LogP) is 12.1. The summed E-state index contributed by atoms with van der Waals surface area (Å²) in [6, 6.07) is 37.6. The Morgan fingerprint density at radius 1 is 0.571 bits per heavy atom. The second-order valence-electron chi connectivity index (χ2n) is 14.3. The van der Waals surface area contributed by atoms with Crippen LogP contribution < -0.4 is 0 Å². The van der Waals surface area contributed by atoms with Gasteiger partial charge in [-0.1, -0.05) is 126 Å². The van der Waals surface area contributed by atoms with Crippen LogP contribution in [0.5, 0.6) is 0 Å². The van der Waals surface area contributed by atoms with Gasteiger partial charge >= 0.3 is 0 Å². The van der Waals surface area contributed by atoms with Crippen LogP contribution in [-0.2, 0) is 11.5 Å². The van der Waals surface area contributed by atoms with Gasteiger partial charge in [-0.2, -0.15) is 0 Å². The molecule has 0 saturated heterocycles. The van der Waals surface area contributed by atoms with Crippen molar-refractivity contribution in [2.24, 2.45) is 10.8 Å². The van der Waals surface area contributed by atoms with E-state index < -0.39 is 0 Å². The minimum atomic E-state index is 0.102. The molecule has 5 aromatic rings. The van der Waals surface area contributed by atoms with E-state index in [1.54, 1.807) is 0 Å². The van der Waals surface area contributed by atoms with Crippen LogP contribution in [-0.4, -0.2) is 0 Å². The number of rotatable bonds is 1. The molecule has 4 bridgehead atoms. The van der Waals surface area contributed by atoms with Crippen molar-refractivity contribution in [1.29, 1.82) is 0 Å². The lowest BCUT2D eigenvalue weighted by atomic mass is 9.71. The van der Waals surface area contributed by atoms with Crippen LogP contribution in [0.2, 0.25) is 0 Å². The van der Waals surface area contributed by atoms with Crippen LogP contribution in [0.4, 0.5) is 0 Å². The van der Waals surface area contributed by atoms with Crippen molar-refractivity contribution in [3.8, 4) is 11.1 Å². The van der Waals surface area contributed by atoms with Gasteiger partial charge in [-0.25, -0.2) is 0 Å². The van der Waals surface area contributed by atoms with Crippen molar-refractivity contribution < 1.29 is 0 Å². The largest absolute Gasteiger partial charge is 0.121 e. The van der Waals surface area contributed by atoms with Gasteiger partial charge in [-0.15, -0.1) is 23.5 Å². The van der Waals surface area contributed by atoms with Crippen molar-refractivity contribution in [2.45, 2.75) is 74.7 Å². The van der Waals surface area contributed by atoms with Gasteiger partial charge in [-0.3, -0.25) is 0 Å². The highest BCUT2D eigenvalue weighted by atomic mass is 32.2. The van der Waals surface area contributed by atoms with Crippen molar-refractivity contribution in [1.82, 2.24) is 0 Å². The summed E-state index contributed by atoms with van der Waals surface area (Å²) in [6.07, 6.45) is 0. The zero-order valence-corrected chi connectivity index (χ0v) is 27.3. The average molecular weight is 585 g/mol. The maximum atomic E-state index is 2.51. The Labute approximate surface area is 260 Å². The summed E-state index contributed by atoms with van der Waals surface area (Å²) in [4.78, 5) is 2.83. The molecule has 0 amide bonds. The molecule has 2 aliphatic heterocycles. The molecule has 2 heteroatoms. The third-order valence-corrected chi connectivity index (χ3v) is 11.3. The molecule has 0 aromatic heterocycles. The lowest BCUT2D eigenvalue weighted by Crippen LogP contribution is -2.21. The zero-order chi connectivity index (χ0) is 29.2. The Kier molecular flexibility index (Phi) is 6.87. The van der Waals surface area contributed by atoms with Gasteiger partial charge in [0.05, 0.1) is 0 Å². The molecule has 2 heterocycles. The zero-order valence-electron chi connectivity index (χ0n) is 25.6. The maximum absolute atomic E-state index is 2.51. The Hall–Kier alpha value is -2.94. The summed E-state index contributed by atoms with van der Waals surface area (Å²) < 4.78 is 0. The Morgan fingerprint density at radius 3 is 2.17 bits per heavy atom. The van der Waals surface area contributed by atoms with E-state index in [0.717, 1.165) is 11.5 Å². The molecular formula is C40H40S2. The first-order valence-corrected chi connectivity index (χ1v) is 17.2. The fourth-order valence-electron chi connectivity index (χ4n) is 7.35. The molecule has 7 rings (SSSR count). The molecule has 212 valence electrons. The second-order valence-corrected chi connectivity index (χ2v) is 16.4. The monoisotopic (exact) mass is 584 g/mol. The summed E-state index contributed by atoms with van der Waals surface area (Å²) in [5, 5.41) is 2.72. The smallest absolute Gasteiger partial charge is 0.0235 e. The molecule has 0 fully saturated rings. The second kappa shape index (κ2) is 10.4. The number of benzene rings is 5. The van der Waals surface area contributed by atoms with Crippen LogP contribution in [0, 0.1) is 10.8 Å². The van der Waals surface area contributed by atoms with Crippen LogP contribution in [0.1, 0.15) is 86.8 Å². The van der Waals surface area contributed by atoms with Gasteiger partial charge in [0, 0.05) is 33.1 Å². The van der Waals surface area contributed by atoms with Gasteiger partial charge in [-0.05, 0) is 78.2 Å². The van der Waals surface area contributed by atoms with Crippen LogP contribution in [0.25, 0.3) is 21.9 Å². The summed E-state index contributed by atoms with van der Waals surface area (Å²) in [7, 11) is 0. The highest BCUT2D eigenvalue weighted by Gasteiger charge is 2.34. The van der Waals surface area contributed by atoms with E-state index in [2.05, 4.69) is 139 Å². The molecule has 0 spiro atoms. The molecule has 0 N–H and O–H groups in total. The first kappa shape index (κ1) is 27.9. The van der Waals surface area contributed by atoms with Crippen molar-refractivity contribution in [2.75, 3.05) is 0 Å². The first-order chi connectivity index (χ1) is 20.1. The highest BCUT2D eigenvalue weighted by molar-refractivity contribution is 7.99. The van der Waals surface area contributed by atoms with E-state index in [4.69, 9.17) is 0 Å². The molecule has 5 aromatic carbocycles. The minimum absolute atomic E-state index is 0.102. The number of hydrogen-bond donors (Lipinski definition) is 0. The first-order valence-electron chi connectivity index (χ1n) is 15.2. The molecule has 2 atom stereocenters. The lowest BCUT2D eigenvalue weighted by molar-refractivity contribution is 0.355. The summed E-state index contributed by atoms with van der Waals surface area (Å²) >= 11 is 3.99. The highest BCUT2D eigenvalue weighted by Crippen LogP contribution is 2.51. The predicted molar refractivity (Wildman–Crippen MR) is 184 cm³/mol. The standard InChI is InChI=1S/C40H40S2/c1-39(2,3)36-28-12-9-10-25(18-28)23-41-32-21-29(20-30(36)22-32)27-15-16-33-31(19-27)24-42-38-34-13-8-7-11-26(34)14-17-35(38)37(33)40(4,5)6/h7-22,36-37H,23-24H2,1-6H3. The number of hydrogen-bond acceptors (Lipinski definition) is 2. The summed E-state index contributed by atoms with van der Waals surface area (Å²) in [5.41, 5.74) is 11.6. The van der Waals surface area contributed by atoms with E-state index in [1.807, 2.05) is 23.5 Å². The molecule has 0 aliphatic carbocycles. The van der Waals surface area contributed by atoms with Crippen molar-refractivity contribution in [3.63, 3.8) is 0 Å². The molecule has 0 radical (unpaired) electrons. The topological polar surface area (TPSA) is 0 Å². The quantitative estimate of drug-likeness (QED) is 0.192. The third-order valence-electron chi connectivity index (χ3n) is 9.06. The van der Waals surface area contributed by atoms with Gasteiger partial charge in [0.1, 0.15) is 0 Å². The Balaban J connectivity index is 1.36. The molecular weight excluding hydrogens is 545 g/mol. The van der Waals surface area contributed by atoms with E-state index in [9.17, 15) is 0 Å². The van der Waals surface area contributed by atoms with Crippen molar-refractivity contribution in [3.05, 3.63) is 130 Å². The fraction of sp³-hybridized carbons (Fsp3) is 0.300. The molecule has 2 unspecified atom stereocenters. The van der Waals surface area contributed by atoms with Crippen molar-refractivity contribution >= 4 is 34.3 Å². The lowest BCUT2D eigenvalue weighted by Gasteiger charge is -2.33. The minimum Gasteiger partial charge on any atom is -0.121 e. The van der Waals surface area contributed by atoms with Gasteiger partial charge in [0.15, 0.2) is 0 Å². The van der Waals surface area contributed by atoms with E-state index in [-0.39, 0.29) is 10.8 Å². The molecule has 42 heavy (non-hydrogen) atoms. The number of thioether (sulfide) groups is 2. The average Bonchev–Trinajstić information content (AvgIpc) is 3.10. The molecule has 2 aliphatic rings. The van der Waals surface area contributed by atoms with Crippen LogP contribution in [0.15, 0.2) is 107 Å². The summed E-state index contributed by atoms with van der Waals surface area (Å²) in [6.45, 7) is 14.4. The molecule has 0 saturated carbocycles. The van der Waals surface area contributed by atoms with Crippen LogP contribution >= 0.6 is 23.5 Å². The van der Waals surface area contributed by atoms with E-state index >= 15 is 0 Å². The van der Waals surface area contributed by atoms with E-state index in [1.165, 1.54) is 65.1 Å². The SMILES string of the molecule is CC(C)(C)C1c2cccc(c2)CSc2cc(-c3ccc4c(c3)CSc3c(ccc5ccccc35)C4C(C)(C)C)cc1c2. The van der Waals surface area contributed by atoms with Gasteiger partial charge < -0.3 is 0 Å². The summed E-state index contributed by atoms with van der Waals surface area (Å²) in [5.74, 6) is 2.70.